The van der Waals surface area contributed by atoms with Crippen molar-refractivity contribution in [2.75, 3.05) is 11.1 Å². The largest absolute Gasteiger partial charge is 0.398 e. The number of nitrogens with one attached hydrogen (secondary N) is 1. The van der Waals surface area contributed by atoms with Crippen LogP contribution in [0.4, 0.5) is 15.8 Å². The monoisotopic (exact) mass is 342 g/mol. The van der Waals surface area contributed by atoms with Gasteiger partial charge in [0, 0.05) is 15.2 Å². The average molecular weight is 344 g/mol. The minimum Gasteiger partial charge on any atom is -0.398 e. The highest BCUT2D eigenvalue weighted by Crippen LogP contribution is 2.25. The van der Waals surface area contributed by atoms with Crippen molar-refractivity contribution in [1.82, 2.24) is 0 Å². The van der Waals surface area contributed by atoms with Gasteiger partial charge in [0.15, 0.2) is 0 Å². The third-order valence-corrected chi connectivity index (χ3v) is 3.33. The number of amides is 1. The molecule has 0 aliphatic heterocycles. The van der Waals surface area contributed by atoms with Crippen LogP contribution in [0.2, 0.25) is 5.02 Å². The van der Waals surface area contributed by atoms with Crippen molar-refractivity contribution in [2.45, 2.75) is 0 Å². The van der Waals surface area contributed by atoms with Gasteiger partial charge in [-0.15, -0.1) is 0 Å². The normalized spacial score (nSPS) is 10.3. The number of hydrogen-bond acceptors (Lipinski definition) is 2. The number of rotatable bonds is 2. The number of nitrogens with two attached hydrogens (primary N) is 1. The molecule has 1 amide bonds. The molecule has 0 aromatic heterocycles. The van der Waals surface area contributed by atoms with Crippen LogP contribution in [-0.2, 0) is 0 Å². The lowest BCUT2D eigenvalue weighted by Crippen LogP contribution is -2.14. The first-order chi connectivity index (χ1) is 8.97. The zero-order valence-corrected chi connectivity index (χ0v) is 11.9. The topological polar surface area (TPSA) is 55.1 Å². The lowest BCUT2D eigenvalue weighted by Gasteiger charge is -2.09. The second-order valence-electron chi connectivity index (χ2n) is 3.81. The summed E-state index contributed by atoms with van der Waals surface area (Å²) in [5.41, 5.74) is 6.77. The van der Waals surface area contributed by atoms with Gasteiger partial charge in [0.05, 0.1) is 11.3 Å². The fraction of sp³-hybridized carbons (Fsp3) is 0. The Morgan fingerprint density at radius 3 is 2.63 bits per heavy atom. The first-order valence-electron chi connectivity index (χ1n) is 5.29. The molecule has 0 atom stereocenters. The summed E-state index contributed by atoms with van der Waals surface area (Å²) >= 11 is 8.93. The van der Waals surface area contributed by atoms with Crippen LogP contribution in [0, 0.1) is 5.82 Å². The Balaban J connectivity index is 2.25. The molecule has 0 heterocycles. The summed E-state index contributed by atoms with van der Waals surface area (Å²) < 4.78 is 13.4. The van der Waals surface area contributed by atoms with E-state index in [1.807, 2.05) is 0 Å². The standard InChI is InChI=1S/C13H9BrClFN2O/c14-10-6-8(16)2-4-12(10)18-13(19)9-3-1-7(15)5-11(9)17/h1-6H,17H2,(H,18,19). The van der Waals surface area contributed by atoms with Crippen LogP contribution in [0.3, 0.4) is 0 Å². The van der Waals surface area contributed by atoms with Crippen molar-refractivity contribution in [2.24, 2.45) is 0 Å². The predicted octanol–water partition coefficient (Wildman–Crippen LogP) is 4.08. The Kier molecular flexibility index (Phi) is 4.07. The van der Waals surface area contributed by atoms with Crippen LogP contribution in [0.1, 0.15) is 10.4 Å². The minimum atomic E-state index is -0.393. The van der Waals surface area contributed by atoms with Gasteiger partial charge in [-0.3, -0.25) is 4.79 Å². The van der Waals surface area contributed by atoms with E-state index in [2.05, 4.69) is 21.2 Å². The summed E-state index contributed by atoms with van der Waals surface area (Å²) in [7, 11) is 0. The Bertz CT molecular complexity index is 649. The number of anilines is 2. The smallest absolute Gasteiger partial charge is 0.257 e. The molecule has 2 aromatic carbocycles. The molecule has 0 saturated heterocycles. The van der Waals surface area contributed by atoms with Gasteiger partial charge in [-0.05, 0) is 52.3 Å². The highest BCUT2D eigenvalue weighted by molar-refractivity contribution is 9.10. The molecule has 3 N–H and O–H groups in total. The van der Waals surface area contributed by atoms with Crippen LogP contribution in [0.5, 0.6) is 0 Å². The van der Waals surface area contributed by atoms with Gasteiger partial charge in [-0.2, -0.15) is 0 Å². The van der Waals surface area contributed by atoms with Crippen LogP contribution in [-0.4, -0.2) is 5.91 Å². The minimum absolute atomic E-state index is 0.281. The number of benzene rings is 2. The molecular formula is C13H9BrClFN2O. The summed E-state index contributed by atoms with van der Waals surface area (Å²) in [4.78, 5) is 12.0. The lowest BCUT2D eigenvalue weighted by molar-refractivity contribution is 0.102. The third-order valence-electron chi connectivity index (χ3n) is 2.44. The van der Waals surface area contributed by atoms with Crippen LogP contribution in [0.15, 0.2) is 40.9 Å². The molecule has 0 unspecified atom stereocenters. The van der Waals surface area contributed by atoms with E-state index in [9.17, 15) is 9.18 Å². The molecule has 6 heteroatoms. The fourth-order valence-electron chi connectivity index (χ4n) is 1.52. The fourth-order valence-corrected chi connectivity index (χ4v) is 2.15. The van der Waals surface area contributed by atoms with Crippen LogP contribution < -0.4 is 11.1 Å². The highest BCUT2D eigenvalue weighted by Gasteiger charge is 2.12. The SMILES string of the molecule is Nc1cc(Cl)ccc1C(=O)Nc1ccc(F)cc1Br. The van der Waals surface area contributed by atoms with Crippen LogP contribution in [0.25, 0.3) is 0 Å². The van der Waals surface area contributed by atoms with Crippen molar-refractivity contribution < 1.29 is 9.18 Å². The zero-order chi connectivity index (χ0) is 14.0. The number of hydrogen-bond donors (Lipinski definition) is 2. The maximum absolute atomic E-state index is 12.9. The molecule has 2 aromatic rings. The molecule has 0 radical (unpaired) electrons. The van der Waals surface area contributed by atoms with Gasteiger partial charge in [-0.25, -0.2) is 4.39 Å². The van der Waals surface area contributed by atoms with Gasteiger partial charge in [0.1, 0.15) is 5.82 Å². The Hall–Kier alpha value is -1.59. The molecule has 0 saturated carbocycles. The number of carbonyl (C=O) groups excluding carboxylic acids is 1. The maximum atomic E-state index is 12.9. The Labute approximate surface area is 122 Å². The van der Waals surface area contributed by atoms with E-state index in [1.165, 1.54) is 30.3 Å². The predicted molar refractivity (Wildman–Crippen MR) is 77.9 cm³/mol. The Morgan fingerprint density at radius 2 is 2.00 bits per heavy atom. The quantitative estimate of drug-likeness (QED) is 0.807. The van der Waals surface area contributed by atoms with E-state index in [0.717, 1.165) is 0 Å². The molecule has 0 spiro atoms. The highest BCUT2D eigenvalue weighted by atomic mass is 79.9. The molecule has 19 heavy (non-hydrogen) atoms. The lowest BCUT2D eigenvalue weighted by atomic mass is 10.1. The van der Waals surface area contributed by atoms with Crippen molar-refractivity contribution >= 4 is 44.8 Å². The van der Waals surface area contributed by atoms with E-state index in [0.29, 0.717) is 20.7 Å². The molecule has 2 rings (SSSR count). The van der Waals surface area contributed by atoms with Gasteiger partial charge >= 0.3 is 0 Å². The van der Waals surface area contributed by atoms with E-state index < -0.39 is 5.82 Å². The first-order valence-corrected chi connectivity index (χ1v) is 6.46. The summed E-state index contributed by atoms with van der Waals surface area (Å²) in [6.07, 6.45) is 0. The van der Waals surface area contributed by atoms with E-state index in [1.54, 1.807) is 6.07 Å². The van der Waals surface area contributed by atoms with Crippen molar-refractivity contribution in [3.05, 3.63) is 57.3 Å². The zero-order valence-electron chi connectivity index (χ0n) is 9.58. The van der Waals surface area contributed by atoms with Gasteiger partial charge in [0.25, 0.3) is 5.91 Å². The van der Waals surface area contributed by atoms with Crippen molar-refractivity contribution in [1.29, 1.82) is 0 Å². The molecular weight excluding hydrogens is 335 g/mol. The van der Waals surface area contributed by atoms with E-state index >= 15 is 0 Å². The number of halogens is 3. The second kappa shape index (κ2) is 5.59. The van der Waals surface area contributed by atoms with Gasteiger partial charge < -0.3 is 11.1 Å². The third kappa shape index (κ3) is 3.24. The summed E-state index contributed by atoms with van der Waals surface area (Å²) in [6, 6.07) is 8.59. The van der Waals surface area contributed by atoms with Gasteiger partial charge in [0.2, 0.25) is 0 Å². The molecule has 0 aliphatic carbocycles. The summed E-state index contributed by atoms with van der Waals surface area (Å²) in [5.74, 6) is -0.780. The number of carbonyl (C=O) groups is 1. The maximum Gasteiger partial charge on any atom is 0.257 e. The second-order valence-corrected chi connectivity index (χ2v) is 5.10. The van der Waals surface area contributed by atoms with Crippen molar-refractivity contribution in [3.8, 4) is 0 Å². The average Bonchev–Trinajstić information content (AvgIpc) is 2.32. The molecule has 98 valence electrons. The summed E-state index contributed by atoms with van der Waals surface area (Å²) in [6.45, 7) is 0. The van der Waals surface area contributed by atoms with Crippen molar-refractivity contribution in [3.63, 3.8) is 0 Å². The van der Waals surface area contributed by atoms with Crippen LogP contribution >= 0.6 is 27.5 Å². The molecule has 0 fully saturated rings. The van der Waals surface area contributed by atoms with E-state index in [-0.39, 0.29) is 11.6 Å². The molecule has 0 bridgehead atoms. The molecule has 3 nitrogen and oxygen atoms in total. The first kappa shape index (κ1) is 13.8. The Morgan fingerprint density at radius 1 is 1.26 bits per heavy atom. The summed E-state index contributed by atoms with van der Waals surface area (Å²) in [5, 5.41) is 3.09. The molecule has 0 aliphatic rings. The van der Waals surface area contributed by atoms with Gasteiger partial charge in [-0.1, -0.05) is 11.6 Å². The van der Waals surface area contributed by atoms with E-state index in [4.69, 9.17) is 17.3 Å². The number of nitrogen functional groups attached to an aromatic ring is 1.